The van der Waals surface area contributed by atoms with Gasteiger partial charge in [-0.1, -0.05) is 32.0 Å². The summed E-state index contributed by atoms with van der Waals surface area (Å²) in [6.45, 7) is 8.37. The van der Waals surface area contributed by atoms with Gasteiger partial charge in [0.25, 0.3) is 5.91 Å². The number of carbonyl (C=O) groups is 1. The normalized spacial score (nSPS) is 25.6. The molecule has 0 saturated heterocycles. The van der Waals surface area contributed by atoms with Crippen LogP contribution in [0.25, 0.3) is 11.1 Å². The Balaban J connectivity index is 1.71. The van der Waals surface area contributed by atoms with E-state index in [9.17, 15) is 4.79 Å². The van der Waals surface area contributed by atoms with Gasteiger partial charge in [0.15, 0.2) is 6.17 Å². The maximum absolute atomic E-state index is 13.5. The minimum atomic E-state index is -0.577. The third-order valence-corrected chi connectivity index (χ3v) is 6.90. The van der Waals surface area contributed by atoms with Crippen molar-refractivity contribution in [2.24, 2.45) is 10.2 Å². The Kier molecular flexibility index (Phi) is 4.77. The maximum atomic E-state index is 13.5. The Bertz CT molecular complexity index is 1190. The number of azo groups is 1. The van der Waals surface area contributed by atoms with Gasteiger partial charge < -0.3 is 10.6 Å². The largest absolute Gasteiger partial charge is 0.362 e. The molecule has 164 valence electrons. The Morgan fingerprint density at radius 2 is 1.94 bits per heavy atom. The molecule has 0 saturated carbocycles. The minimum absolute atomic E-state index is 0.0144. The first-order chi connectivity index (χ1) is 15.4. The van der Waals surface area contributed by atoms with Crippen molar-refractivity contribution in [1.82, 2.24) is 15.6 Å². The number of nitrogens with one attached hydrogen (secondary N) is 2. The number of amides is 1. The molecule has 2 N–H and O–H groups in total. The summed E-state index contributed by atoms with van der Waals surface area (Å²) >= 11 is 0. The highest BCUT2D eigenvalue weighted by Gasteiger charge is 2.53. The van der Waals surface area contributed by atoms with Gasteiger partial charge in [0, 0.05) is 35.1 Å². The molecule has 2 aromatic rings. The zero-order valence-corrected chi connectivity index (χ0v) is 19.1. The third-order valence-electron chi connectivity index (χ3n) is 6.90. The van der Waals surface area contributed by atoms with Crippen molar-refractivity contribution >= 4 is 5.91 Å². The van der Waals surface area contributed by atoms with E-state index < -0.39 is 5.41 Å². The molecular formula is C26H29N5O. The molecule has 6 nitrogen and oxygen atoms in total. The van der Waals surface area contributed by atoms with Gasteiger partial charge >= 0.3 is 0 Å². The predicted molar refractivity (Wildman–Crippen MR) is 125 cm³/mol. The lowest BCUT2D eigenvalue weighted by atomic mass is 9.62. The Morgan fingerprint density at radius 1 is 1.12 bits per heavy atom. The average Bonchev–Trinajstić information content (AvgIpc) is 3.25. The number of carbonyl (C=O) groups excluding carboxylic acids is 1. The van der Waals surface area contributed by atoms with Gasteiger partial charge in [-0.3, -0.25) is 9.78 Å². The standard InChI is InChI=1S/C26H29N5O/c1-5-19-13-17(10-11-27-19)16-8-7-9-18(12-16)26(6-2)20-15-28-31-23(20)29-21-14-25(3,4)30-24(32)22(21)26/h7-13,15,23,29H,5-6,14H2,1-4H3,(H,30,32)/t23?,26-/m0/s1. The molecule has 1 aromatic carbocycles. The summed E-state index contributed by atoms with van der Waals surface area (Å²) in [5, 5.41) is 15.4. The first-order valence-corrected chi connectivity index (χ1v) is 11.4. The van der Waals surface area contributed by atoms with Crippen molar-refractivity contribution in [2.45, 2.75) is 64.1 Å². The Labute approximate surface area is 188 Å². The van der Waals surface area contributed by atoms with E-state index in [0.29, 0.717) is 0 Å². The first-order valence-electron chi connectivity index (χ1n) is 11.4. The highest BCUT2D eigenvalue weighted by atomic mass is 16.2. The van der Waals surface area contributed by atoms with Crippen LogP contribution in [0.3, 0.4) is 0 Å². The molecule has 6 heteroatoms. The van der Waals surface area contributed by atoms with E-state index in [1.54, 1.807) is 0 Å². The lowest BCUT2D eigenvalue weighted by Gasteiger charge is -2.48. The zero-order valence-electron chi connectivity index (χ0n) is 19.1. The molecule has 0 aliphatic carbocycles. The summed E-state index contributed by atoms with van der Waals surface area (Å²) in [5.74, 6) is -0.0144. The minimum Gasteiger partial charge on any atom is -0.362 e. The van der Waals surface area contributed by atoms with Crippen LogP contribution in [0.2, 0.25) is 0 Å². The second kappa shape index (κ2) is 7.40. The SMILES string of the molecule is CCc1cc(-c2cccc([C@@]3(CC)C4=CN=NC4NC4=C3C(=O)NC(C)(C)C4)c2)ccn1. The summed E-state index contributed by atoms with van der Waals surface area (Å²) < 4.78 is 0. The topological polar surface area (TPSA) is 78.7 Å². The summed E-state index contributed by atoms with van der Waals surface area (Å²) in [6, 6.07) is 12.7. The first kappa shape index (κ1) is 20.6. The van der Waals surface area contributed by atoms with Crippen molar-refractivity contribution in [3.63, 3.8) is 0 Å². The molecule has 0 spiro atoms. The van der Waals surface area contributed by atoms with Crippen molar-refractivity contribution in [2.75, 3.05) is 0 Å². The fraction of sp³-hybridized carbons (Fsp3) is 0.385. The van der Waals surface area contributed by atoms with E-state index in [2.05, 4.69) is 83.9 Å². The quantitative estimate of drug-likeness (QED) is 0.736. The number of fused-ring (bicyclic) bond motifs is 1. The second-order valence-corrected chi connectivity index (χ2v) is 9.46. The summed E-state index contributed by atoms with van der Waals surface area (Å²) in [6.07, 6.45) is 5.85. The van der Waals surface area contributed by atoms with Gasteiger partial charge in [0.1, 0.15) is 0 Å². The lowest BCUT2D eigenvalue weighted by molar-refractivity contribution is -0.120. The smallest absolute Gasteiger partial charge is 0.250 e. The fourth-order valence-electron chi connectivity index (χ4n) is 5.42. The molecule has 5 rings (SSSR count). The van der Waals surface area contributed by atoms with E-state index in [1.165, 1.54) is 0 Å². The van der Waals surface area contributed by atoms with Crippen LogP contribution < -0.4 is 10.6 Å². The number of benzene rings is 1. The molecule has 3 aliphatic heterocycles. The number of nitrogens with zero attached hydrogens (tertiary/aromatic N) is 3. The second-order valence-electron chi connectivity index (χ2n) is 9.46. The van der Waals surface area contributed by atoms with Gasteiger partial charge in [-0.15, -0.1) is 0 Å². The monoisotopic (exact) mass is 427 g/mol. The number of aryl methyl sites for hydroxylation is 1. The van der Waals surface area contributed by atoms with Gasteiger partial charge in [0.2, 0.25) is 0 Å². The van der Waals surface area contributed by atoms with Crippen molar-refractivity contribution < 1.29 is 4.79 Å². The molecule has 0 bridgehead atoms. The Morgan fingerprint density at radius 3 is 2.72 bits per heavy atom. The van der Waals surface area contributed by atoms with Gasteiger partial charge in [-0.05, 0) is 61.6 Å². The van der Waals surface area contributed by atoms with Crippen LogP contribution >= 0.6 is 0 Å². The fourth-order valence-corrected chi connectivity index (χ4v) is 5.42. The summed E-state index contributed by atoms with van der Waals surface area (Å²) in [4.78, 5) is 18.0. The van der Waals surface area contributed by atoms with Crippen LogP contribution in [-0.2, 0) is 16.6 Å². The van der Waals surface area contributed by atoms with Gasteiger partial charge in [0.05, 0.1) is 17.2 Å². The van der Waals surface area contributed by atoms with E-state index in [1.807, 2.05) is 18.5 Å². The van der Waals surface area contributed by atoms with E-state index in [4.69, 9.17) is 0 Å². The van der Waals surface area contributed by atoms with Crippen LogP contribution in [0.4, 0.5) is 0 Å². The highest BCUT2D eigenvalue weighted by Crippen LogP contribution is 2.51. The molecule has 0 radical (unpaired) electrons. The van der Waals surface area contributed by atoms with E-state index in [0.717, 1.165) is 58.5 Å². The van der Waals surface area contributed by atoms with Crippen LogP contribution in [0.1, 0.15) is 51.8 Å². The maximum Gasteiger partial charge on any atom is 0.250 e. The van der Waals surface area contributed by atoms with Gasteiger partial charge in [-0.2, -0.15) is 10.2 Å². The van der Waals surface area contributed by atoms with E-state index in [-0.39, 0.29) is 17.6 Å². The molecule has 1 amide bonds. The molecule has 0 fully saturated rings. The number of hydrogen-bond acceptors (Lipinski definition) is 5. The van der Waals surface area contributed by atoms with Crippen molar-refractivity contribution in [3.8, 4) is 11.1 Å². The average molecular weight is 428 g/mol. The molecule has 3 aliphatic rings. The molecule has 1 unspecified atom stereocenters. The van der Waals surface area contributed by atoms with Crippen LogP contribution in [-0.4, -0.2) is 22.6 Å². The molecule has 2 atom stereocenters. The van der Waals surface area contributed by atoms with Crippen molar-refractivity contribution in [1.29, 1.82) is 0 Å². The molecular weight excluding hydrogens is 398 g/mol. The predicted octanol–water partition coefficient (Wildman–Crippen LogP) is 4.79. The number of pyridine rings is 1. The number of aromatic nitrogens is 1. The van der Waals surface area contributed by atoms with Crippen LogP contribution in [0.5, 0.6) is 0 Å². The van der Waals surface area contributed by atoms with E-state index >= 15 is 0 Å². The zero-order chi connectivity index (χ0) is 22.5. The summed E-state index contributed by atoms with van der Waals surface area (Å²) in [7, 11) is 0. The lowest BCUT2D eigenvalue weighted by Crippen LogP contribution is -2.58. The molecule has 1 aromatic heterocycles. The number of rotatable bonds is 4. The third kappa shape index (κ3) is 3.08. The van der Waals surface area contributed by atoms with Crippen LogP contribution in [0.15, 0.2) is 75.9 Å². The van der Waals surface area contributed by atoms with Crippen LogP contribution in [0, 0.1) is 0 Å². The Hall–Kier alpha value is -3.28. The van der Waals surface area contributed by atoms with Crippen molar-refractivity contribution in [3.05, 3.63) is 76.9 Å². The highest BCUT2D eigenvalue weighted by molar-refractivity contribution is 6.00. The number of hydrogen-bond donors (Lipinski definition) is 2. The van der Waals surface area contributed by atoms with Gasteiger partial charge in [-0.25, -0.2) is 0 Å². The summed E-state index contributed by atoms with van der Waals surface area (Å²) in [5.41, 5.74) is 6.34. The molecule has 32 heavy (non-hydrogen) atoms. The molecule has 4 heterocycles.